The maximum atomic E-state index is 12.6. The van der Waals surface area contributed by atoms with Crippen molar-refractivity contribution in [1.29, 1.82) is 0 Å². The highest BCUT2D eigenvalue weighted by Gasteiger charge is 2.37. The molecule has 1 amide bonds. The maximum Gasteiger partial charge on any atom is 0.339 e. The number of benzene rings is 2. The minimum atomic E-state index is -0.651. The van der Waals surface area contributed by atoms with Crippen LogP contribution >= 0.6 is 0 Å². The number of amides is 1. The Bertz CT molecular complexity index is 1330. The molecule has 2 aliphatic rings. The molecule has 0 aliphatic carbocycles. The lowest BCUT2D eigenvalue weighted by Gasteiger charge is -2.17. The highest BCUT2D eigenvalue weighted by atomic mass is 16.6. The molecule has 3 heterocycles. The van der Waals surface area contributed by atoms with Gasteiger partial charge >= 0.3 is 5.97 Å². The lowest BCUT2D eigenvalue weighted by Crippen LogP contribution is -2.20. The molecule has 0 atom stereocenters. The van der Waals surface area contributed by atoms with E-state index in [-0.39, 0.29) is 11.9 Å². The van der Waals surface area contributed by atoms with Crippen molar-refractivity contribution in [2.24, 2.45) is 4.99 Å². The second-order valence-corrected chi connectivity index (χ2v) is 8.99. The Balaban J connectivity index is 1.19. The fraction of sp³-hybridized carbons (Fsp3) is 0.259. The smallest absolute Gasteiger partial charge is 0.339 e. The molecule has 2 N–H and O–H groups in total. The zero-order chi connectivity index (χ0) is 24.4. The summed E-state index contributed by atoms with van der Waals surface area (Å²) in [6.45, 7) is 5.26. The number of pyridine rings is 1. The maximum absolute atomic E-state index is 12.6. The van der Waals surface area contributed by atoms with Gasteiger partial charge in [-0.05, 0) is 56.2 Å². The van der Waals surface area contributed by atoms with E-state index in [2.05, 4.69) is 20.6 Å². The lowest BCUT2D eigenvalue weighted by molar-refractivity contribution is -0.116. The van der Waals surface area contributed by atoms with E-state index in [1.807, 2.05) is 50.2 Å². The molecular formula is C27H26N4O4. The van der Waals surface area contributed by atoms with Crippen LogP contribution in [0.2, 0.25) is 0 Å². The first-order valence-corrected chi connectivity index (χ1v) is 11.6. The van der Waals surface area contributed by atoms with Crippen LogP contribution in [0.15, 0.2) is 65.8 Å². The summed E-state index contributed by atoms with van der Waals surface area (Å²) in [5.41, 5.74) is 2.97. The van der Waals surface area contributed by atoms with Crippen molar-refractivity contribution < 1.29 is 19.1 Å². The highest BCUT2D eigenvalue weighted by Crippen LogP contribution is 2.37. The van der Waals surface area contributed by atoms with Crippen molar-refractivity contribution in [3.63, 3.8) is 0 Å². The Kier molecular flexibility index (Phi) is 5.94. The van der Waals surface area contributed by atoms with Crippen LogP contribution in [0, 0.1) is 0 Å². The normalized spacial score (nSPS) is 15.6. The number of carbonyl (C=O) groups is 2. The molecule has 0 spiro atoms. The van der Waals surface area contributed by atoms with Crippen molar-refractivity contribution in [3.05, 3.63) is 83.2 Å². The van der Waals surface area contributed by atoms with Crippen LogP contribution in [0.5, 0.6) is 11.5 Å². The van der Waals surface area contributed by atoms with E-state index in [0.717, 1.165) is 35.7 Å². The molecule has 1 aromatic heterocycles. The van der Waals surface area contributed by atoms with Crippen LogP contribution in [0.4, 0.5) is 5.69 Å². The number of rotatable bonds is 7. The van der Waals surface area contributed by atoms with E-state index in [1.165, 1.54) is 0 Å². The molecule has 0 fully saturated rings. The van der Waals surface area contributed by atoms with Crippen molar-refractivity contribution in [2.45, 2.75) is 32.3 Å². The Hall–Kier alpha value is -4.20. The number of hydrogen-bond acceptors (Lipinski definition) is 7. The van der Waals surface area contributed by atoms with E-state index in [1.54, 1.807) is 24.4 Å². The summed E-state index contributed by atoms with van der Waals surface area (Å²) in [6, 6.07) is 16.6. The van der Waals surface area contributed by atoms with Crippen LogP contribution in [0.1, 0.15) is 47.4 Å². The van der Waals surface area contributed by atoms with E-state index in [0.29, 0.717) is 35.6 Å². The first kappa shape index (κ1) is 22.6. The number of anilines is 1. The number of aryl methyl sites for hydroxylation is 1. The van der Waals surface area contributed by atoms with Crippen LogP contribution < -0.4 is 15.4 Å². The molecule has 8 nitrogen and oxygen atoms in total. The standard InChI is InChI=1S/C27H26N4O4/c1-27(2)22-8-7-18(15-21(22)26(33)35-27)31-24(32)9-6-17-4-3-5-19(14-17)34-20-10-11-28-23(16-20)25-29-12-13-30-25/h3-5,7-8,10-11,14-16H,6,9,12-13H2,1-2H3,(H,29,30)(H,31,32). The van der Waals surface area contributed by atoms with Crippen molar-refractivity contribution >= 4 is 23.4 Å². The molecule has 0 radical (unpaired) electrons. The predicted octanol–water partition coefficient (Wildman–Crippen LogP) is 4.20. The number of cyclic esters (lactones) is 1. The lowest BCUT2D eigenvalue weighted by atomic mass is 9.96. The molecule has 5 rings (SSSR count). The Morgan fingerprint density at radius 3 is 2.83 bits per heavy atom. The molecule has 0 bridgehead atoms. The van der Waals surface area contributed by atoms with Gasteiger partial charge in [-0.3, -0.25) is 14.8 Å². The van der Waals surface area contributed by atoms with Gasteiger partial charge in [0.25, 0.3) is 0 Å². The van der Waals surface area contributed by atoms with Gasteiger partial charge in [0.05, 0.1) is 12.1 Å². The van der Waals surface area contributed by atoms with Crippen LogP contribution in [0.3, 0.4) is 0 Å². The zero-order valence-electron chi connectivity index (χ0n) is 19.6. The second-order valence-electron chi connectivity index (χ2n) is 8.99. The molecule has 0 unspecified atom stereocenters. The van der Waals surface area contributed by atoms with Gasteiger partial charge < -0.3 is 20.1 Å². The monoisotopic (exact) mass is 470 g/mol. The highest BCUT2D eigenvalue weighted by molar-refractivity contribution is 5.98. The van der Waals surface area contributed by atoms with Gasteiger partial charge in [-0.1, -0.05) is 18.2 Å². The van der Waals surface area contributed by atoms with Crippen LogP contribution in [-0.2, 0) is 21.6 Å². The third-order valence-electron chi connectivity index (χ3n) is 5.94. The molecule has 35 heavy (non-hydrogen) atoms. The number of nitrogens with one attached hydrogen (secondary N) is 2. The number of carbonyl (C=O) groups excluding carboxylic acids is 2. The molecule has 0 saturated carbocycles. The van der Waals surface area contributed by atoms with Crippen LogP contribution in [0.25, 0.3) is 0 Å². The van der Waals surface area contributed by atoms with Crippen LogP contribution in [-0.4, -0.2) is 35.8 Å². The van der Waals surface area contributed by atoms with Gasteiger partial charge in [-0.2, -0.15) is 0 Å². The Labute approximate surface area is 203 Å². The molecule has 3 aromatic rings. The molecule has 2 aromatic carbocycles. The van der Waals surface area contributed by atoms with Gasteiger partial charge in [0.15, 0.2) is 0 Å². The van der Waals surface area contributed by atoms with Gasteiger partial charge in [0, 0.05) is 36.5 Å². The average Bonchev–Trinajstić information content (AvgIpc) is 3.45. The van der Waals surface area contributed by atoms with Crippen molar-refractivity contribution in [2.75, 3.05) is 18.4 Å². The Morgan fingerprint density at radius 1 is 1.14 bits per heavy atom. The number of amidine groups is 1. The summed E-state index contributed by atoms with van der Waals surface area (Å²) in [6.07, 6.45) is 2.54. The summed E-state index contributed by atoms with van der Waals surface area (Å²) >= 11 is 0. The first-order valence-electron chi connectivity index (χ1n) is 11.6. The molecule has 0 saturated heterocycles. The minimum Gasteiger partial charge on any atom is -0.457 e. The number of esters is 1. The number of aliphatic imine (C=N–C) groups is 1. The summed E-state index contributed by atoms with van der Waals surface area (Å²) in [5.74, 6) is 1.62. The number of aromatic nitrogens is 1. The summed E-state index contributed by atoms with van der Waals surface area (Å²) in [4.78, 5) is 33.4. The molecule has 2 aliphatic heterocycles. The summed E-state index contributed by atoms with van der Waals surface area (Å²) < 4.78 is 11.4. The first-order chi connectivity index (χ1) is 16.9. The molecule has 8 heteroatoms. The number of hydrogen-bond donors (Lipinski definition) is 2. The van der Waals surface area contributed by atoms with E-state index in [4.69, 9.17) is 9.47 Å². The summed E-state index contributed by atoms with van der Waals surface area (Å²) in [7, 11) is 0. The predicted molar refractivity (Wildman–Crippen MR) is 132 cm³/mol. The van der Waals surface area contributed by atoms with Gasteiger partial charge in [0.2, 0.25) is 5.91 Å². The fourth-order valence-electron chi connectivity index (χ4n) is 4.21. The zero-order valence-corrected chi connectivity index (χ0v) is 19.6. The molecular weight excluding hydrogens is 444 g/mol. The number of fused-ring (bicyclic) bond motifs is 1. The average molecular weight is 471 g/mol. The third kappa shape index (κ3) is 5.01. The Morgan fingerprint density at radius 2 is 2.00 bits per heavy atom. The minimum absolute atomic E-state index is 0.134. The van der Waals surface area contributed by atoms with Gasteiger partial charge in [0.1, 0.15) is 28.6 Å². The molecule has 178 valence electrons. The van der Waals surface area contributed by atoms with Crippen molar-refractivity contribution in [3.8, 4) is 11.5 Å². The van der Waals surface area contributed by atoms with Gasteiger partial charge in [-0.25, -0.2) is 4.79 Å². The second kappa shape index (κ2) is 9.21. The quantitative estimate of drug-likeness (QED) is 0.502. The van der Waals surface area contributed by atoms with E-state index >= 15 is 0 Å². The topological polar surface area (TPSA) is 102 Å². The van der Waals surface area contributed by atoms with Gasteiger partial charge in [-0.15, -0.1) is 0 Å². The number of nitrogens with zero attached hydrogens (tertiary/aromatic N) is 2. The fourth-order valence-corrected chi connectivity index (χ4v) is 4.21. The SMILES string of the molecule is CC1(C)OC(=O)c2cc(NC(=O)CCc3cccc(Oc4ccnc(C5=NCCN5)c4)c3)ccc21. The largest absolute Gasteiger partial charge is 0.457 e. The third-order valence-corrected chi connectivity index (χ3v) is 5.94. The van der Waals surface area contributed by atoms with E-state index in [9.17, 15) is 9.59 Å². The van der Waals surface area contributed by atoms with E-state index < -0.39 is 5.60 Å². The van der Waals surface area contributed by atoms with Crippen molar-refractivity contribution in [1.82, 2.24) is 10.3 Å². The number of ether oxygens (including phenoxy) is 2. The summed E-state index contributed by atoms with van der Waals surface area (Å²) in [5, 5.41) is 6.08.